The molecule has 3 rings (SSSR count). The molecular formula is C17H16FN5O2S. The van der Waals surface area contributed by atoms with Crippen LogP contribution in [0.2, 0.25) is 0 Å². The van der Waals surface area contributed by atoms with Crippen molar-refractivity contribution >= 4 is 28.3 Å². The number of halogens is 1. The first kappa shape index (κ1) is 17.7. The van der Waals surface area contributed by atoms with Crippen LogP contribution in [-0.4, -0.2) is 26.6 Å². The molecule has 3 aromatic rings. The number of rotatable bonds is 5. The van der Waals surface area contributed by atoms with E-state index in [0.29, 0.717) is 33.5 Å². The first-order chi connectivity index (χ1) is 12.3. The van der Waals surface area contributed by atoms with Crippen LogP contribution >= 0.6 is 11.3 Å². The van der Waals surface area contributed by atoms with E-state index in [-0.39, 0.29) is 18.1 Å². The molecule has 0 unspecified atom stereocenters. The van der Waals surface area contributed by atoms with Crippen LogP contribution in [0.15, 0.2) is 29.6 Å². The number of hydrogen-bond acceptors (Lipinski definition) is 5. The quantitative estimate of drug-likeness (QED) is 0.716. The normalized spacial score (nSPS) is 10.7. The average molecular weight is 373 g/mol. The lowest BCUT2D eigenvalue weighted by Crippen LogP contribution is -2.15. The van der Waals surface area contributed by atoms with E-state index < -0.39 is 5.91 Å². The zero-order chi connectivity index (χ0) is 18.8. The molecule has 0 spiro atoms. The number of nitrogens with one attached hydrogen (secondary N) is 1. The number of primary amides is 1. The summed E-state index contributed by atoms with van der Waals surface area (Å²) >= 11 is 1.21. The second-order valence-corrected chi connectivity index (χ2v) is 6.53. The van der Waals surface area contributed by atoms with Gasteiger partial charge in [0.2, 0.25) is 5.91 Å². The van der Waals surface area contributed by atoms with E-state index in [1.54, 1.807) is 36.0 Å². The highest BCUT2D eigenvalue weighted by molar-refractivity contribution is 7.14. The summed E-state index contributed by atoms with van der Waals surface area (Å²) in [6.45, 7) is 3.49. The van der Waals surface area contributed by atoms with Crippen LogP contribution in [0.3, 0.4) is 0 Å². The second-order valence-electron chi connectivity index (χ2n) is 5.68. The number of nitrogens with two attached hydrogens (primary N) is 1. The fraction of sp³-hybridized carbons (Fsp3) is 0.176. The largest absolute Gasteiger partial charge is 0.369 e. The summed E-state index contributed by atoms with van der Waals surface area (Å²) in [5, 5.41) is 9.13. The van der Waals surface area contributed by atoms with Gasteiger partial charge in [0.05, 0.1) is 34.8 Å². The Bertz CT molecular complexity index is 978. The molecule has 7 nitrogen and oxygen atoms in total. The Hall–Kier alpha value is -3.07. The van der Waals surface area contributed by atoms with Crippen LogP contribution in [0.1, 0.15) is 27.4 Å². The minimum absolute atomic E-state index is 0.0208. The van der Waals surface area contributed by atoms with Gasteiger partial charge in [-0.15, -0.1) is 11.3 Å². The number of anilines is 1. The van der Waals surface area contributed by atoms with Crippen LogP contribution in [0.4, 0.5) is 9.52 Å². The molecule has 26 heavy (non-hydrogen) atoms. The summed E-state index contributed by atoms with van der Waals surface area (Å²) in [5.41, 5.74) is 7.88. The molecule has 0 saturated carbocycles. The van der Waals surface area contributed by atoms with Crippen LogP contribution in [0.5, 0.6) is 0 Å². The van der Waals surface area contributed by atoms with E-state index in [9.17, 15) is 14.0 Å². The fourth-order valence-corrected chi connectivity index (χ4v) is 3.29. The average Bonchev–Trinajstić information content (AvgIpc) is 3.11. The maximum atomic E-state index is 13.1. The van der Waals surface area contributed by atoms with Gasteiger partial charge in [-0.1, -0.05) is 0 Å². The Balaban J connectivity index is 1.84. The van der Waals surface area contributed by atoms with Crippen molar-refractivity contribution in [1.29, 1.82) is 0 Å². The third kappa shape index (κ3) is 3.62. The van der Waals surface area contributed by atoms with Crippen molar-refractivity contribution in [3.8, 4) is 5.69 Å². The van der Waals surface area contributed by atoms with E-state index in [1.807, 2.05) is 0 Å². The molecule has 2 heterocycles. The Morgan fingerprint density at radius 1 is 1.27 bits per heavy atom. The lowest BCUT2D eigenvalue weighted by Gasteiger charge is -2.05. The van der Waals surface area contributed by atoms with Gasteiger partial charge in [-0.05, 0) is 38.1 Å². The van der Waals surface area contributed by atoms with Gasteiger partial charge in [-0.3, -0.25) is 14.9 Å². The van der Waals surface area contributed by atoms with Gasteiger partial charge >= 0.3 is 0 Å². The highest BCUT2D eigenvalue weighted by atomic mass is 32.1. The highest BCUT2D eigenvalue weighted by Gasteiger charge is 2.20. The summed E-state index contributed by atoms with van der Waals surface area (Å²) in [4.78, 5) is 27.7. The molecule has 0 aliphatic carbocycles. The minimum Gasteiger partial charge on any atom is -0.369 e. The number of amides is 2. The topological polar surface area (TPSA) is 103 Å². The predicted octanol–water partition coefficient (Wildman–Crippen LogP) is 2.36. The van der Waals surface area contributed by atoms with Crippen molar-refractivity contribution in [1.82, 2.24) is 14.8 Å². The summed E-state index contributed by atoms with van der Waals surface area (Å²) in [5.74, 6) is -1.18. The molecule has 0 aliphatic rings. The van der Waals surface area contributed by atoms with Crippen molar-refractivity contribution < 1.29 is 14.0 Å². The van der Waals surface area contributed by atoms with Gasteiger partial charge in [0.15, 0.2) is 5.13 Å². The van der Waals surface area contributed by atoms with Gasteiger partial charge in [0, 0.05) is 5.38 Å². The zero-order valence-corrected chi connectivity index (χ0v) is 14.9. The maximum Gasteiger partial charge on any atom is 0.261 e. The third-order valence-corrected chi connectivity index (χ3v) is 4.52. The Morgan fingerprint density at radius 3 is 2.62 bits per heavy atom. The molecule has 0 saturated heterocycles. The van der Waals surface area contributed by atoms with Crippen molar-refractivity contribution in [3.63, 3.8) is 0 Å². The molecule has 0 atom stereocenters. The number of benzene rings is 1. The predicted molar refractivity (Wildman–Crippen MR) is 96.0 cm³/mol. The first-order valence-corrected chi connectivity index (χ1v) is 8.59. The Morgan fingerprint density at radius 2 is 1.96 bits per heavy atom. The molecule has 3 N–H and O–H groups in total. The van der Waals surface area contributed by atoms with Crippen LogP contribution < -0.4 is 11.1 Å². The Kier molecular flexibility index (Phi) is 4.81. The number of thiazole rings is 1. The van der Waals surface area contributed by atoms with Crippen LogP contribution in [-0.2, 0) is 11.2 Å². The summed E-state index contributed by atoms with van der Waals surface area (Å²) in [7, 11) is 0. The lowest BCUT2D eigenvalue weighted by molar-refractivity contribution is -0.117. The molecular weight excluding hydrogens is 357 g/mol. The van der Waals surface area contributed by atoms with Crippen molar-refractivity contribution in [2.75, 3.05) is 5.32 Å². The monoisotopic (exact) mass is 373 g/mol. The molecule has 0 radical (unpaired) electrons. The van der Waals surface area contributed by atoms with Crippen LogP contribution in [0.25, 0.3) is 5.69 Å². The first-order valence-electron chi connectivity index (χ1n) is 7.71. The number of carbonyl (C=O) groups is 2. The van der Waals surface area contributed by atoms with Crippen molar-refractivity contribution in [3.05, 3.63) is 58.1 Å². The van der Waals surface area contributed by atoms with Gasteiger partial charge in [0.1, 0.15) is 5.82 Å². The number of hydrogen-bond donors (Lipinski definition) is 2. The maximum absolute atomic E-state index is 13.1. The zero-order valence-electron chi connectivity index (χ0n) is 14.1. The second kappa shape index (κ2) is 7.04. The van der Waals surface area contributed by atoms with E-state index in [0.717, 1.165) is 0 Å². The summed E-state index contributed by atoms with van der Waals surface area (Å²) in [6.07, 6.45) is 0.0208. The molecule has 9 heteroatoms. The fourth-order valence-electron chi connectivity index (χ4n) is 2.59. The molecule has 2 aromatic heterocycles. The SMILES string of the molecule is Cc1nn(-c2ccc(F)cc2)c(C)c1C(=O)Nc1nc(CC(N)=O)cs1. The van der Waals surface area contributed by atoms with Crippen molar-refractivity contribution in [2.45, 2.75) is 20.3 Å². The molecule has 1 aromatic carbocycles. The Labute approximate surface area is 152 Å². The standard InChI is InChI=1S/C17H16FN5O2S/c1-9-15(10(2)23(22-9)13-5-3-11(18)4-6-13)16(25)21-17-20-12(8-26-17)7-14(19)24/h3-6,8H,7H2,1-2H3,(H2,19,24)(H,20,21,25). The molecule has 0 fully saturated rings. The van der Waals surface area contributed by atoms with Gasteiger partial charge < -0.3 is 5.73 Å². The van der Waals surface area contributed by atoms with E-state index in [4.69, 9.17) is 5.73 Å². The minimum atomic E-state index is -0.486. The summed E-state index contributed by atoms with van der Waals surface area (Å²) in [6, 6.07) is 5.85. The molecule has 134 valence electrons. The highest BCUT2D eigenvalue weighted by Crippen LogP contribution is 2.21. The summed E-state index contributed by atoms with van der Waals surface area (Å²) < 4.78 is 14.7. The number of aromatic nitrogens is 3. The van der Waals surface area contributed by atoms with Gasteiger partial charge in [0.25, 0.3) is 5.91 Å². The number of carbonyl (C=O) groups excluding carboxylic acids is 2. The van der Waals surface area contributed by atoms with E-state index in [2.05, 4.69) is 15.4 Å². The van der Waals surface area contributed by atoms with E-state index in [1.165, 1.54) is 23.5 Å². The van der Waals surface area contributed by atoms with Crippen molar-refractivity contribution in [2.24, 2.45) is 5.73 Å². The van der Waals surface area contributed by atoms with Gasteiger partial charge in [-0.25, -0.2) is 14.1 Å². The molecule has 0 aliphatic heterocycles. The number of nitrogens with zero attached hydrogens (tertiary/aromatic N) is 3. The molecule has 2 amide bonds. The number of aryl methyl sites for hydroxylation is 1. The smallest absolute Gasteiger partial charge is 0.261 e. The third-order valence-electron chi connectivity index (χ3n) is 3.72. The molecule has 0 bridgehead atoms. The van der Waals surface area contributed by atoms with Gasteiger partial charge in [-0.2, -0.15) is 5.10 Å². The lowest BCUT2D eigenvalue weighted by atomic mass is 10.2. The van der Waals surface area contributed by atoms with Crippen LogP contribution in [0, 0.1) is 19.7 Å². The van der Waals surface area contributed by atoms with E-state index >= 15 is 0 Å².